The lowest BCUT2D eigenvalue weighted by atomic mass is 10.1. The largest absolute Gasteiger partial charge is 0.472 e. The number of aliphatic hydroxyl groups excluding tert-OH is 1. The van der Waals surface area contributed by atoms with Crippen molar-refractivity contribution in [1.82, 2.24) is 0 Å². The van der Waals surface area contributed by atoms with Gasteiger partial charge in [-0.1, -0.05) is 91.4 Å². The van der Waals surface area contributed by atoms with E-state index in [4.69, 9.17) is 32.5 Å². The van der Waals surface area contributed by atoms with E-state index >= 15 is 0 Å². The van der Waals surface area contributed by atoms with Crippen molar-refractivity contribution in [3.8, 4) is 0 Å². The van der Waals surface area contributed by atoms with Crippen LogP contribution in [0.1, 0.15) is 130 Å². The first kappa shape index (κ1) is 50.1. The highest BCUT2D eigenvalue weighted by Gasteiger charge is 2.30. The summed E-state index contributed by atoms with van der Waals surface area (Å²) in [5.74, 6) is -2.50. The van der Waals surface area contributed by atoms with Crippen LogP contribution < -0.4 is 0 Å². The molecular weight excluding hydrogens is 730 g/mol. The van der Waals surface area contributed by atoms with Gasteiger partial charge in [-0.3, -0.25) is 37.3 Å². The summed E-state index contributed by atoms with van der Waals surface area (Å²) in [6, 6.07) is 0. The Bertz CT molecular complexity index is 1090. The second kappa shape index (κ2) is 30.4. The average molecular weight is 793 g/mol. The number of carbonyl (C=O) groups excluding carboxylic acids is 4. The quantitative estimate of drug-likeness (QED) is 0.0300. The van der Waals surface area contributed by atoms with E-state index in [1.54, 1.807) is 6.92 Å². The SMILES string of the molecule is CCCCCCCCCCCCCC(=O)O[C@H](COC(=O)CC)COP(=O)(O)OC[C@H](O)COP(=O)(O)OC[C@@H](COC(=O)CCCC)OC(C)=O. The minimum Gasteiger partial charge on any atom is -0.462 e. The van der Waals surface area contributed by atoms with Crippen molar-refractivity contribution >= 4 is 39.5 Å². The summed E-state index contributed by atoms with van der Waals surface area (Å²) in [6.45, 7) is 2.67. The smallest absolute Gasteiger partial charge is 0.462 e. The molecular formula is C33H62O17P2. The third-order valence-electron chi connectivity index (χ3n) is 7.21. The summed E-state index contributed by atoms with van der Waals surface area (Å²) < 4.78 is 64.0. The van der Waals surface area contributed by atoms with Crippen molar-refractivity contribution in [2.75, 3.05) is 39.6 Å². The molecule has 52 heavy (non-hydrogen) atoms. The molecule has 0 aromatic rings. The number of hydrogen-bond donors (Lipinski definition) is 3. The Labute approximate surface area is 307 Å². The molecule has 0 saturated heterocycles. The second-order valence-electron chi connectivity index (χ2n) is 12.2. The molecule has 0 spiro atoms. The molecule has 0 aliphatic rings. The van der Waals surface area contributed by atoms with Crippen LogP contribution in [0.25, 0.3) is 0 Å². The summed E-state index contributed by atoms with van der Waals surface area (Å²) in [4.78, 5) is 67.2. The highest BCUT2D eigenvalue weighted by molar-refractivity contribution is 7.47. The first-order valence-corrected chi connectivity index (χ1v) is 21.2. The van der Waals surface area contributed by atoms with Gasteiger partial charge in [0.05, 0.1) is 26.4 Å². The lowest BCUT2D eigenvalue weighted by Gasteiger charge is -2.21. The van der Waals surface area contributed by atoms with Crippen LogP contribution in [-0.2, 0) is 65.4 Å². The van der Waals surface area contributed by atoms with Crippen LogP contribution in [0.4, 0.5) is 0 Å². The molecule has 0 bridgehead atoms. The van der Waals surface area contributed by atoms with Crippen molar-refractivity contribution in [2.45, 2.75) is 149 Å². The second-order valence-corrected chi connectivity index (χ2v) is 15.1. The molecule has 3 N–H and O–H groups in total. The molecule has 0 fully saturated rings. The molecule has 306 valence electrons. The predicted octanol–water partition coefficient (Wildman–Crippen LogP) is 5.85. The molecule has 0 aromatic carbocycles. The van der Waals surface area contributed by atoms with Crippen LogP contribution >= 0.6 is 15.6 Å². The highest BCUT2D eigenvalue weighted by atomic mass is 31.2. The lowest BCUT2D eigenvalue weighted by Crippen LogP contribution is -2.30. The number of rotatable bonds is 34. The molecule has 0 radical (unpaired) electrons. The van der Waals surface area contributed by atoms with Crippen LogP contribution in [0.15, 0.2) is 0 Å². The molecule has 0 rings (SSSR count). The molecule has 5 atom stereocenters. The summed E-state index contributed by atoms with van der Waals surface area (Å²) in [5, 5.41) is 10.1. The van der Waals surface area contributed by atoms with Crippen molar-refractivity contribution in [3.05, 3.63) is 0 Å². The maximum atomic E-state index is 12.4. The normalized spacial score (nSPS) is 15.4. The van der Waals surface area contributed by atoms with Gasteiger partial charge in [0.25, 0.3) is 0 Å². The number of phosphoric ester groups is 2. The zero-order valence-electron chi connectivity index (χ0n) is 31.2. The molecule has 0 aromatic heterocycles. The van der Waals surface area contributed by atoms with Crippen molar-refractivity contribution in [2.24, 2.45) is 0 Å². The summed E-state index contributed by atoms with van der Waals surface area (Å²) >= 11 is 0. The topological polar surface area (TPSA) is 237 Å². The summed E-state index contributed by atoms with van der Waals surface area (Å²) in [7, 11) is -9.73. The Hall–Kier alpha value is -1.94. The van der Waals surface area contributed by atoms with E-state index in [0.717, 1.165) is 39.0 Å². The first-order chi connectivity index (χ1) is 24.6. The zero-order chi connectivity index (χ0) is 39.3. The van der Waals surface area contributed by atoms with E-state index in [1.807, 2.05) is 6.92 Å². The summed E-state index contributed by atoms with van der Waals surface area (Å²) in [6.07, 6.45) is 9.62. The highest BCUT2D eigenvalue weighted by Crippen LogP contribution is 2.45. The van der Waals surface area contributed by atoms with E-state index in [2.05, 4.69) is 11.4 Å². The Morgan fingerprint density at radius 1 is 0.519 bits per heavy atom. The Morgan fingerprint density at radius 3 is 1.38 bits per heavy atom. The fourth-order valence-electron chi connectivity index (χ4n) is 4.35. The fraction of sp³-hybridized carbons (Fsp3) is 0.879. The van der Waals surface area contributed by atoms with Gasteiger partial charge in [0.2, 0.25) is 0 Å². The number of hydrogen-bond acceptors (Lipinski definition) is 15. The third-order valence-corrected chi connectivity index (χ3v) is 9.11. The Balaban J connectivity index is 4.68. The Morgan fingerprint density at radius 2 is 0.923 bits per heavy atom. The van der Waals surface area contributed by atoms with Crippen molar-refractivity contribution in [1.29, 1.82) is 0 Å². The van der Waals surface area contributed by atoms with Gasteiger partial charge in [-0.15, -0.1) is 0 Å². The standard InChI is InChI=1S/C33H62O17P2/c1-5-8-10-11-12-13-14-15-16-17-18-20-33(38)50-30(24-43-31(36)7-3)26-48-52(41,42)46-22-28(35)21-45-51(39,40)47-25-29(49-27(4)34)23-44-32(37)19-9-6-2/h28-30,35H,5-26H2,1-4H3,(H,39,40)(H,41,42)/t28-,29-,30-/m1/s1. The van der Waals surface area contributed by atoms with Crippen LogP contribution in [0.3, 0.4) is 0 Å². The van der Waals surface area contributed by atoms with Gasteiger partial charge in [-0.2, -0.15) is 0 Å². The van der Waals surface area contributed by atoms with Crippen LogP contribution in [0, 0.1) is 0 Å². The number of carbonyl (C=O) groups is 4. The van der Waals surface area contributed by atoms with E-state index in [9.17, 15) is 43.2 Å². The van der Waals surface area contributed by atoms with Crippen molar-refractivity contribution in [3.63, 3.8) is 0 Å². The van der Waals surface area contributed by atoms with Gasteiger partial charge >= 0.3 is 39.5 Å². The van der Waals surface area contributed by atoms with Crippen LogP contribution in [0.5, 0.6) is 0 Å². The monoisotopic (exact) mass is 792 g/mol. The first-order valence-electron chi connectivity index (χ1n) is 18.2. The Kier molecular flexibility index (Phi) is 29.3. The number of esters is 4. The van der Waals surface area contributed by atoms with E-state index in [1.165, 1.54) is 38.5 Å². The van der Waals surface area contributed by atoms with Crippen LogP contribution in [-0.4, -0.2) is 96.7 Å². The van der Waals surface area contributed by atoms with Gasteiger partial charge in [-0.05, 0) is 12.8 Å². The maximum absolute atomic E-state index is 12.4. The minimum absolute atomic E-state index is 0.0506. The lowest BCUT2D eigenvalue weighted by molar-refractivity contribution is -0.161. The van der Waals surface area contributed by atoms with Gasteiger partial charge in [0.1, 0.15) is 19.3 Å². The number of aliphatic hydroxyl groups is 1. The minimum atomic E-state index is -4.87. The molecule has 19 heteroatoms. The van der Waals surface area contributed by atoms with Gasteiger partial charge in [0.15, 0.2) is 12.2 Å². The van der Waals surface area contributed by atoms with Crippen LogP contribution in [0.2, 0.25) is 0 Å². The maximum Gasteiger partial charge on any atom is 0.472 e. The third kappa shape index (κ3) is 30.5. The fourth-order valence-corrected chi connectivity index (χ4v) is 5.93. The van der Waals surface area contributed by atoms with E-state index in [0.29, 0.717) is 12.8 Å². The van der Waals surface area contributed by atoms with E-state index < -0.39 is 97.5 Å². The predicted molar refractivity (Wildman–Crippen MR) is 188 cm³/mol. The molecule has 0 amide bonds. The number of unbranched alkanes of at least 4 members (excludes halogenated alkanes) is 11. The molecule has 0 heterocycles. The van der Waals surface area contributed by atoms with Crippen molar-refractivity contribution < 1.29 is 80.2 Å². The average Bonchev–Trinajstić information content (AvgIpc) is 3.09. The molecule has 2 unspecified atom stereocenters. The number of ether oxygens (including phenoxy) is 4. The van der Waals surface area contributed by atoms with Gasteiger partial charge < -0.3 is 33.8 Å². The van der Waals surface area contributed by atoms with Gasteiger partial charge in [0, 0.05) is 26.2 Å². The molecule has 0 aliphatic carbocycles. The molecule has 17 nitrogen and oxygen atoms in total. The number of phosphoric acid groups is 2. The molecule has 0 aliphatic heterocycles. The molecule has 0 saturated carbocycles. The summed E-state index contributed by atoms with van der Waals surface area (Å²) in [5.41, 5.74) is 0. The van der Waals surface area contributed by atoms with E-state index in [-0.39, 0.29) is 19.3 Å². The zero-order valence-corrected chi connectivity index (χ0v) is 33.0. The van der Waals surface area contributed by atoms with Gasteiger partial charge in [-0.25, -0.2) is 9.13 Å².